The van der Waals surface area contributed by atoms with Crippen LogP contribution in [0, 0.1) is 39.6 Å². The van der Waals surface area contributed by atoms with Gasteiger partial charge in [-0.3, -0.25) is 0 Å². The molecule has 0 amide bonds. The minimum atomic E-state index is 0. The molecule has 0 radical (unpaired) electrons. The van der Waals surface area contributed by atoms with Crippen LogP contribution in [-0.2, 0) is 21.1 Å². The number of fused-ring (bicyclic) bond motifs is 11. The van der Waals surface area contributed by atoms with Crippen molar-refractivity contribution in [1.29, 1.82) is 0 Å². The van der Waals surface area contributed by atoms with Gasteiger partial charge in [0, 0.05) is 88.8 Å². The van der Waals surface area contributed by atoms with E-state index >= 15 is 0 Å². The van der Waals surface area contributed by atoms with Crippen LogP contribution in [-0.4, -0.2) is 9.38 Å². The summed E-state index contributed by atoms with van der Waals surface area (Å²) in [5.74, 6) is 1.15. The van der Waals surface area contributed by atoms with Gasteiger partial charge in [0.2, 0.25) is 0 Å². The van der Waals surface area contributed by atoms with E-state index in [9.17, 15) is 0 Å². The number of ether oxygens (including phenoxy) is 1. The number of aromatic nitrogens is 2. The average molecular weight is 1140 g/mol. The van der Waals surface area contributed by atoms with Crippen molar-refractivity contribution < 1.29 is 25.8 Å². The maximum atomic E-state index is 6.88. The second-order valence-electron chi connectivity index (χ2n) is 19.4. The monoisotopic (exact) mass is 1140 g/mol. The predicted octanol–water partition coefficient (Wildman–Crippen LogP) is 18.4. The van der Waals surface area contributed by atoms with Crippen molar-refractivity contribution in [2.24, 2.45) is 0 Å². The maximum Gasteiger partial charge on any atom is 0.143 e. The summed E-state index contributed by atoms with van der Waals surface area (Å²) in [6, 6.07) is 85.2. The summed E-state index contributed by atoms with van der Waals surface area (Å²) < 4.78 is 9.20. The zero-order valence-electron chi connectivity index (χ0n) is 41.5. The van der Waals surface area contributed by atoms with Crippen LogP contribution >= 0.6 is 0 Å². The Bertz CT molecular complexity index is 4350. The van der Waals surface area contributed by atoms with Crippen molar-refractivity contribution in [2.45, 2.75) is 20.8 Å². The van der Waals surface area contributed by atoms with Crippen molar-refractivity contribution >= 4 is 82.5 Å². The average Bonchev–Trinajstić information content (AvgIpc) is 4.00. The molecule has 10 aromatic carbocycles. The summed E-state index contributed by atoms with van der Waals surface area (Å²) in [6.07, 6.45) is 2.05. The van der Waals surface area contributed by atoms with Crippen LogP contribution in [0.1, 0.15) is 16.7 Å². The van der Waals surface area contributed by atoms with Gasteiger partial charge in [-0.15, -0.1) is 48.1 Å². The maximum absolute atomic E-state index is 6.88. The van der Waals surface area contributed by atoms with Gasteiger partial charge in [-0.25, -0.2) is 4.98 Å². The number of para-hydroxylation sites is 4. The summed E-state index contributed by atoms with van der Waals surface area (Å²) in [5.41, 5.74) is 17.4. The molecule has 0 N–H and O–H groups in total. The molecule has 75 heavy (non-hydrogen) atoms. The molecule has 0 spiro atoms. The second kappa shape index (κ2) is 18.6. The summed E-state index contributed by atoms with van der Waals surface area (Å²) in [7, 11) is 0. The molecule has 362 valence electrons. The molecule has 0 atom stereocenters. The van der Waals surface area contributed by atoms with Crippen LogP contribution in [0.15, 0.2) is 225 Å². The molecule has 0 aliphatic carbocycles. The Labute approximate surface area is 450 Å². The minimum absolute atomic E-state index is 0. The predicted molar refractivity (Wildman–Crippen MR) is 308 cm³/mol. The first-order chi connectivity index (χ1) is 36.4. The van der Waals surface area contributed by atoms with E-state index in [-0.39, 0.29) is 21.1 Å². The Hall–Kier alpha value is -8.76. The molecule has 0 saturated heterocycles. The minimum Gasteiger partial charge on any atom is -0.509 e. The number of pyridine rings is 1. The Balaban J connectivity index is 0.00000541. The van der Waals surface area contributed by atoms with Gasteiger partial charge in [0.05, 0.1) is 0 Å². The normalized spacial score (nSPS) is 12.3. The smallest absolute Gasteiger partial charge is 0.143 e. The van der Waals surface area contributed by atoms with Gasteiger partial charge in [0.1, 0.15) is 5.65 Å². The second-order valence-corrected chi connectivity index (χ2v) is 19.4. The van der Waals surface area contributed by atoms with Crippen LogP contribution in [0.5, 0.6) is 11.5 Å². The standard InChI is InChI=1S/C69H47N4O.Pt/c1-44-37-45(2)66(46(3)38-44)49-39-62-58-28-13-11-26-56(58)55-25-10-12-27-57(55)60-31-18-32-61-59-36-35-52(41-65(59)73(68(60)61)69(62)70-42-49)74-51-24-16-23-50(40-51)71-43-72(64-34-15-14-33-63(64)71)67-53(47-19-6-4-7-20-47)29-17-30-54(67)48-21-8-5-9-22-48;/h4-39,42-43H,1-3H3;/q-3;. The number of rotatable bonds is 7. The third-order valence-corrected chi connectivity index (χ3v) is 14.8. The number of benzene rings is 10. The third kappa shape index (κ3) is 7.69. The summed E-state index contributed by atoms with van der Waals surface area (Å²) in [4.78, 5) is 10.0. The molecule has 0 saturated carbocycles. The van der Waals surface area contributed by atoms with Gasteiger partial charge in [0.25, 0.3) is 0 Å². The molecule has 0 fully saturated rings. The topological polar surface area (TPSA) is 33.0 Å². The van der Waals surface area contributed by atoms with Crippen molar-refractivity contribution in [2.75, 3.05) is 9.80 Å². The number of hydrogen-bond donors (Lipinski definition) is 0. The van der Waals surface area contributed by atoms with Crippen molar-refractivity contribution in [3.63, 3.8) is 0 Å². The Morgan fingerprint density at radius 1 is 0.440 bits per heavy atom. The third-order valence-electron chi connectivity index (χ3n) is 14.8. The number of hydrogen-bond acceptors (Lipinski definition) is 4. The van der Waals surface area contributed by atoms with Crippen LogP contribution in [0.4, 0.5) is 22.7 Å². The van der Waals surface area contributed by atoms with E-state index in [0.29, 0.717) is 11.5 Å². The number of aryl methyl sites for hydroxylation is 3. The van der Waals surface area contributed by atoms with Gasteiger partial charge in [-0.2, -0.15) is 12.1 Å². The van der Waals surface area contributed by atoms with Crippen LogP contribution < -0.4 is 14.5 Å². The van der Waals surface area contributed by atoms with E-state index in [1.54, 1.807) is 0 Å². The zero-order chi connectivity index (χ0) is 49.4. The molecular weight excluding hydrogens is 1100 g/mol. The fourth-order valence-corrected chi connectivity index (χ4v) is 11.7. The summed E-state index contributed by atoms with van der Waals surface area (Å²) in [6.45, 7) is 8.75. The van der Waals surface area contributed by atoms with Crippen molar-refractivity contribution in [3.05, 3.63) is 260 Å². The van der Waals surface area contributed by atoms with Gasteiger partial charge in [0.15, 0.2) is 0 Å². The molecule has 3 aromatic heterocycles. The number of nitrogens with zero attached hydrogens (tertiary/aromatic N) is 4. The molecule has 1 aliphatic heterocycles. The SMILES string of the molecule is Cc1cc(C)c(-c2cnc3c(c2)c2ccccc2c2ccccc2c2cccc4c5ccc(Oc6[c-]c(N7[CH-]N(c8c(-c9ccccc9)cccc8-c8ccccc8)c8ccccc87)ccc6)[c-]c5n3c24)c(C)c1.[Pt]. The van der Waals surface area contributed by atoms with Crippen LogP contribution in [0.3, 0.4) is 0 Å². The Morgan fingerprint density at radius 2 is 0.960 bits per heavy atom. The van der Waals surface area contributed by atoms with Crippen LogP contribution in [0.25, 0.3) is 93.2 Å². The summed E-state index contributed by atoms with van der Waals surface area (Å²) in [5, 5.41) is 8.97. The van der Waals surface area contributed by atoms with Gasteiger partial charge in [-0.1, -0.05) is 181 Å². The largest absolute Gasteiger partial charge is 0.509 e. The molecule has 4 heterocycles. The molecule has 1 aliphatic rings. The van der Waals surface area contributed by atoms with E-state index < -0.39 is 0 Å². The molecule has 13 aromatic rings. The van der Waals surface area contributed by atoms with E-state index in [4.69, 9.17) is 9.72 Å². The first-order valence-electron chi connectivity index (χ1n) is 25.2. The van der Waals surface area contributed by atoms with Gasteiger partial charge in [-0.05, 0) is 93.7 Å². The molecule has 14 rings (SSSR count). The number of anilines is 4. The molecule has 0 unspecified atom stereocenters. The molecule has 6 heteroatoms. The summed E-state index contributed by atoms with van der Waals surface area (Å²) >= 11 is 0. The quantitative estimate of drug-likeness (QED) is 0.149. The van der Waals surface area contributed by atoms with Gasteiger partial charge < -0.3 is 18.9 Å². The fraction of sp³-hybridized carbons (Fsp3) is 0.0435. The van der Waals surface area contributed by atoms with Crippen LogP contribution in [0.2, 0.25) is 0 Å². The van der Waals surface area contributed by atoms with E-state index in [1.165, 1.54) is 27.6 Å². The molecular formula is C69H47N4OPt-3. The first kappa shape index (κ1) is 46.1. The Morgan fingerprint density at radius 3 is 1.61 bits per heavy atom. The molecule has 0 bridgehead atoms. The van der Waals surface area contributed by atoms with E-state index in [0.717, 1.165) is 105 Å². The van der Waals surface area contributed by atoms with Crippen molar-refractivity contribution in [3.8, 4) is 44.9 Å². The van der Waals surface area contributed by atoms with Crippen molar-refractivity contribution in [1.82, 2.24) is 9.38 Å². The first-order valence-corrected chi connectivity index (χ1v) is 25.2. The van der Waals surface area contributed by atoms with E-state index in [2.05, 4.69) is 260 Å². The fourth-order valence-electron chi connectivity index (χ4n) is 11.7. The zero-order valence-corrected chi connectivity index (χ0v) is 43.7. The van der Waals surface area contributed by atoms with Gasteiger partial charge >= 0.3 is 0 Å². The van der Waals surface area contributed by atoms with E-state index in [1.807, 2.05) is 18.2 Å². The Kier molecular flexibility index (Phi) is 11.4. The molecule has 5 nitrogen and oxygen atoms in total.